The van der Waals surface area contributed by atoms with Gasteiger partial charge in [0.05, 0.1) is 10.9 Å². The van der Waals surface area contributed by atoms with Crippen LogP contribution < -0.4 is 10.6 Å². The maximum absolute atomic E-state index is 12.2. The van der Waals surface area contributed by atoms with Crippen molar-refractivity contribution in [3.63, 3.8) is 0 Å². The van der Waals surface area contributed by atoms with Gasteiger partial charge in [-0.05, 0) is 42.7 Å². The predicted molar refractivity (Wildman–Crippen MR) is 104 cm³/mol. The zero-order chi connectivity index (χ0) is 19.3. The number of nitrogens with one attached hydrogen (secondary N) is 2. The van der Waals surface area contributed by atoms with E-state index in [4.69, 9.17) is 0 Å². The number of anilines is 1. The van der Waals surface area contributed by atoms with E-state index in [9.17, 15) is 13.2 Å². The number of hydrogen-bond donors (Lipinski definition) is 2. The number of sulfonamides is 1. The molecule has 0 aliphatic heterocycles. The van der Waals surface area contributed by atoms with Gasteiger partial charge in [-0.1, -0.05) is 37.3 Å². The molecule has 0 saturated carbocycles. The summed E-state index contributed by atoms with van der Waals surface area (Å²) in [6.45, 7) is 3.99. The van der Waals surface area contributed by atoms with E-state index < -0.39 is 16.1 Å². The van der Waals surface area contributed by atoms with Gasteiger partial charge in [0.2, 0.25) is 10.0 Å². The van der Waals surface area contributed by atoms with Crippen LogP contribution in [0.4, 0.5) is 10.5 Å². The third kappa shape index (κ3) is 4.83. The quantitative estimate of drug-likeness (QED) is 0.812. The highest BCUT2D eigenvalue weighted by Gasteiger charge is 2.18. The number of urea groups is 1. The molecule has 0 bridgehead atoms. The molecule has 6 nitrogen and oxygen atoms in total. The van der Waals surface area contributed by atoms with E-state index in [0.717, 1.165) is 16.3 Å². The van der Waals surface area contributed by atoms with Crippen molar-refractivity contribution in [3.8, 4) is 0 Å². The fourth-order valence-corrected chi connectivity index (χ4v) is 3.38. The summed E-state index contributed by atoms with van der Waals surface area (Å²) in [6.07, 6.45) is 0.967. The van der Waals surface area contributed by atoms with E-state index >= 15 is 0 Å². The number of aryl methyl sites for hydroxylation is 1. The summed E-state index contributed by atoms with van der Waals surface area (Å²) >= 11 is 0. The van der Waals surface area contributed by atoms with Crippen LogP contribution in [-0.4, -0.2) is 32.8 Å². The van der Waals surface area contributed by atoms with Gasteiger partial charge in [-0.15, -0.1) is 0 Å². The normalized spacial score (nSPS) is 12.7. The number of hydrogen-bond acceptors (Lipinski definition) is 3. The first-order valence-electron chi connectivity index (χ1n) is 8.43. The van der Waals surface area contributed by atoms with Gasteiger partial charge in [0.25, 0.3) is 0 Å². The Kier molecular flexibility index (Phi) is 6.39. The van der Waals surface area contributed by atoms with Gasteiger partial charge in [-0.25, -0.2) is 17.5 Å². The van der Waals surface area contributed by atoms with Crippen LogP contribution in [0.25, 0.3) is 0 Å². The van der Waals surface area contributed by atoms with Gasteiger partial charge in [0, 0.05) is 19.8 Å². The molecule has 0 fully saturated rings. The van der Waals surface area contributed by atoms with E-state index in [1.807, 2.05) is 31.2 Å². The van der Waals surface area contributed by atoms with Crippen molar-refractivity contribution in [3.05, 3.63) is 59.7 Å². The van der Waals surface area contributed by atoms with Crippen molar-refractivity contribution in [1.29, 1.82) is 0 Å². The lowest BCUT2D eigenvalue weighted by Crippen LogP contribution is -2.31. The molecule has 0 saturated heterocycles. The lowest BCUT2D eigenvalue weighted by Gasteiger charge is -2.16. The molecule has 2 rings (SSSR count). The number of amides is 2. The molecule has 2 aromatic rings. The minimum absolute atomic E-state index is 0.128. The molecule has 0 aromatic heterocycles. The molecule has 140 valence electrons. The summed E-state index contributed by atoms with van der Waals surface area (Å²) in [6, 6.07) is 13.7. The highest BCUT2D eigenvalue weighted by molar-refractivity contribution is 7.89. The second-order valence-electron chi connectivity index (χ2n) is 6.23. The first-order valence-corrected chi connectivity index (χ1v) is 9.87. The molecule has 0 unspecified atom stereocenters. The standard InChI is InChI=1S/C19H25N3O3S/c1-5-15-9-11-16(12-10-15)14(2)20-19(23)21-17-7-6-8-18(13-17)26(24,25)22(3)4/h6-14H,5H2,1-4H3,(H2,20,21,23)/t14-/m0/s1. The van der Waals surface area contributed by atoms with E-state index in [-0.39, 0.29) is 10.9 Å². The molecule has 2 aromatic carbocycles. The SMILES string of the molecule is CCc1ccc([C@H](C)NC(=O)Nc2cccc(S(=O)(=O)N(C)C)c2)cc1. The van der Waals surface area contributed by atoms with Gasteiger partial charge >= 0.3 is 6.03 Å². The number of benzene rings is 2. The third-order valence-electron chi connectivity index (χ3n) is 4.11. The van der Waals surface area contributed by atoms with Gasteiger partial charge in [0.15, 0.2) is 0 Å². The Bertz CT molecular complexity index is 862. The van der Waals surface area contributed by atoms with Crippen LogP contribution in [0, 0.1) is 0 Å². The zero-order valence-electron chi connectivity index (χ0n) is 15.5. The third-order valence-corrected chi connectivity index (χ3v) is 5.92. The zero-order valence-corrected chi connectivity index (χ0v) is 16.3. The van der Waals surface area contributed by atoms with E-state index in [2.05, 4.69) is 17.6 Å². The summed E-state index contributed by atoms with van der Waals surface area (Å²) in [5.74, 6) is 0. The van der Waals surface area contributed by atoms with Crippen molar-refractivity contribution < 1.29 is 13.2 Å². The number of nitrogens with zero attached hydrogens (tertiary/aromatic N) is 1. The van der Waals surface area contributed by atoms with Gasteiger partial charge in [0.1, 0.15) is 0 Å². The minimum Gasteiger partial charge on any atom is -0.331 e. The summed E-state index contributed by atoms with van der Waals surface area (Å²) in [4.78, 5) is 12.4. The number of carbonyl (C=O) groups is 1. The average Bonchev–Trinajstić information content (AvgIpc) is 2.61. The van der Waals surface area contributed by atoms with Crippen LogP contribution in [0.15, 0.2) is 53.4 Å². The summed E-state index contributed by atoms with van der Waals surface area (Å²) < 4.78 is 25.5. The summed E-state index contributed by atoms with van der Waals surface area (Å²) in [5.41, 5.74) is 2.66. The molecule has 2 amide bonds. The second-order valence-corrected chi connectivity index (χ2v) is 8.38. The highest BCUT2D eigenvalue weighted by atomic mass is 32.2. The van der Waals surface area contributed by atoms with E-state index in [1.165, 1.54) is 31.8 Å². The summed E-state index contributed by atoms with van der Waals surface area (Å²) in [5, 5.41) is 5.54. The Hall–Kier alpha value is -2.38. The van der Waals surface area contributed by atoms with E-state index in [0.29, 0.717) is 5.69 Å². The van der Waals surface area contributed by atoms with Crippen LogP contribution in [0.3, 0.4) is 0 Å². The summed E-state index contributed by atoms with van der Waals surface area (Å²) in [7, 11) is -0.614. The molecule has 0 radical (unpaired) electrons. The van der Waals surface area contributed by atoms with Crippen LogP contribution in [0.1, 0.15) is 31.0 Å². The molecule has 2 N–H and O–H groups in total. The predicted octanol–water partition coefficient (Wildman–Crippen LogP) is 3.38. The largest absolute Gasteiger partial charge is 0.331 e. The van der Waals surface area contributed by atoms with E-state index in [1.54, 1.807) is 12.1 Å². The molecular weight excluding hydrogens is 350 g/mol. The van der Waals surface area contributed by atoms with Crippen LogP contribution in [0.2, 0.25) is 0 Å². The molecule has 0 spiro atoms. The molecule has 26 heavy (non-hydrogen) atoms. The Labute approximate surface area is 155 Å². The van der Waals surface area contributed by atoms with Gasteiger partial charge in [-0.3, -0.25) is 0 Å². The monoisotopic (exact) mass is 375 g/mol. The van der Waals surface area contributed by atoms with Crippen molar-refractivity contribution in [2.24, 2.45) is 0 Å². The first kappa shape index (κ1) is 19.9. The molecule has 0 aliphatic rings. The maximum atomic E-state index is 12.2. The van der Waals surface area contributed by atoms with Crippen LogP contribution >= 0.6 is 0 Å². The lowest BCUT2D eigenvalue weighted by molar-refractivity contribution is 0.249. The maximum Gasteiger partial charge on any atom is 0.319 e. The molecule has 0 heterocycles. The number of carbonyl (C=O) groups excluding carboxylic acids is 1. The molecule has 7 heteroatoms. The first-order chi connectivity index (χ1) is 12.2. The Balaban J connectivity index is 2.05. The molecule has 1 atom stereocenters. The van der Waals surface area contributed by atoms with Crippen LogP contribution in [0.5, 0.6) is 0 Å². The second kappa shape index (κ2) is 8.33. The van der Waals surface area contributed by atoms with Gasteiger partial charge in [-0.2, -0.15) is 0 Å². The number of rotatable bonds is 6. The Morgan fingerprint density at radius 1 is 1.12 bits per heavy atom. The van der Waals surface area contributed by atoms with Crippen molar-refractivity contribution >= 4 is 21.7 Å². The van der Waals surface area contributed by atoms with Crippen LogP contribution in [-0.2, 0) is 16.4 Å². The van der Waals surface area contributed by atoms with Crippen molar-refractivity contribution in [1.82, 2.24) is 9.62 Å². The minimum atomic E-state index is -3.55. The van der Waals surface area contributed by atoms with Gasteiger partial charge < -0.3 is 10.6 Å². The average molecular weight is 375 g/mol. The molecule has 0 aliphatic carbocycles. The lowest BCUT2D eigenvalue weighted by atomic mass is 10.1. The van der Waals surface area contributed by atoms with Crippen molar-refractivity contribution in [2.75, 3.05) is 19.4 Å². The highest BCUT2D eigenvalue weighted by Crippen LogP contribution is 2.18. The Morgan fingerprint density at radius 2 is 1.77 bits per heavy atom. The fourth-order valence-electron chi connectivity index (χ4n) is 2.43. The topological polar surface area (TPSA) is 78.5 Å². The smallest absolute Gasteiger partial charge is 0.319 e. The fraction of sp³-hybridized carbons (Fsp3) is 0.316. The molecular formula is C19H25N3O3S. The van der Waals surface area contributed by atoms with Crippen molar-refractivity contribution in [2.45, 2.75) is 31.2 Å². The Morgan fingerprint density at radius 3 is 2.35 bits per heavy atom.